The maximum Gasteiger partial charge on any atom is 0.417 e. The molecular weight excluding hydrogens is 225 g/mol. The van der Waals surface area contributed by atoms with E-state index in [4.69, 9.17) is 5.73 Å². The van der Waals surface area contributed by atoms with Crippen molar-refractivity contribution in [2.24, 2.45) is 5.73 Å². The number of rotatable bonds is 2. The molecule has 0 bridgehead atoms. The van der Waals surface area contributed by atoms with Crippen molar-refractivity contribution in [3.05, 3.63) is 29.3 Å². The van der Waals surface area contributed by atoms with Crippen molar-refractivity contribution in [1.82, 2.24) is 0 Å². The molecule has 0 spiro atoms. The number of hydrogen-bond donors (Lipinski definition) is 2. The molecular formula is C9H9F3N2S. The quantitative estimate of drug-likeness (QED) is 0.771. The summed E-state index contributed by atoms with van der Waals surface area (Å²) in [5.41, 5.74) is 4.80. The third-order valence-electron chi connectivity index (χ3n) is 1.88. The van der Waals surface area contributed by atoms with Crippen molar-refractivity contribution >= 4 is 22.9 Å². The number of hydrogen-bond acceptors (Lipinski definition) is 2. The largest absolute Gasteiger partial charge is 0.417 e. The van der Waals surface area contributed by atoms with Gasteiger partial charge in [0.25, 0.3) is 0 Å². The van der Waals surface area contributed by atoms with Gasteiger partial charge in [-0.05, 0) is 18.2 Å². The van der Waals surface area contributed by atoms with E-state index in [1.54, 1.807) is 7.05 Å². The molecule has 0 atom stereocenters. The molecule has 0 fully saturated rings. The molecule has 6 heteroatoms. The molecule has 0 heterocycles. The van der Waals surface area contributed by atoms with E-state index in [9.17, 15) is 13.2 Å². The lowest BCUT2D eigenvalue weighted by molar-refractivity contribution is -0.137. The van der Waals surface area contributed by atoms with Gasteiger partial charge in [-0.2, -0.15) is 13.2 Å². The Hall–Kier alpha value is -1.30. The minimum absolute atomic E-state index is 0.163. The van der Waals surface area contributed by atoms with Crippen LogP contribution in [0.1, 0.15) is 11.1 Å². The van der Waals surface area contributed by atoms with Crippen LogP contribution in [0.5, 0.6) is 0 Å². The summed E-state index contributed by atoms with van der Waals surface area (Å²) in [6, 6.07) is 3.57. The fourth-order valence-corrected chi connectivity index (χ4v) is 1.32. The summed E-state index contributed by atoms with van der Waals surface area (Å²) in [4.78, 5) is -0.264. The normalized spacial score (nSPS) is 11.2. The SMILES string of the molecule is CNc1ccc(C(F)(F)F)c(C(N)=S)c1. The first kappa shape index (κ1) is 11.8. The van der Waals surface area contributed by atoms with Crippen molar-refractivity contribution in [2.45, 2.75) is 6.18 Å². The van der Waals surface area contributed by atoms with E-state index in [-0.39, 0.29) is 10.6 Å². The fraction of sp³-hybridized carbons (Fsp3) is 0.222. The van der Waals surface area contributed by atoms with Crippen LogP contribution < -0.4 is 11.1 Å². The molecule has 0 aliphatic rings. The van der Waals surface area contributed by atoms with Crippen molar-refractivity contribution in [1.29, 1.82) is 0 Å². The molecule has 0 saturated heterocycles. The summed E-state index contributed by atoms with van der Waals surface area (Å²) in [6.45, 7) is 0. The van der Waals surface area contributed by atoms with Crippen molar-refractivity contribution in [2.75, 3.05) is 12.4 Å². The van der Waals surface area contributed by atoms with Gasteiger partial charge in [0.15, 0.2) is 0 Å². The number of halogens is 3. The molecule has 1 aromatic carbocycles. The summed E-state index contributed by atoms with van der Waals surface area (Å²) < 4.78 is 37.5. The highest BCUT2D eigenvalue weighted by Gasteiger charge is 2.33. The number of alkyl halides is 3. The van der Waals surface area contributed by atoms with Gasteiger partial charge >= 0.3 is 6.18 Å². The Kier molecular flexibility index (Phi) is 3.18. The standard InChI is InChI=1S/C9H9F3N2S/c1-14-5-2-3-7(9(10,11)12)6(4-5)8(13)15/h2-4,14H,1H3,(H2,13,15). The Morgan fingerprint density at radius 2 is 2.00 bits per heavy atom. The van der Waals surface area contributed by atoms with Crippen LogP contribution >= 0.6 is 12.2 Å². The lowest BCUT2D eigenvalue weighted by atomic mass is 10.1. The first-order valence-electron chi connectivity index (χ1n) is 4.05. The van der Waals surface area contributed by atoms with E-state index >= 15 is 0 Å². The van der Waals surface area contributed by atoms with Gasteiger partial charge < -0.3 is 11.1 Å². The average molecular weight is 234 g/mol. The van der Waals surface area contributed by atoms with Gasteiger partial charge in [-0.3, -0.25) is 0 Å². The monoisotopic (exact) mass is 234 g/mol. The van der Waals surface area contributed by atoms with Gasteiger partial charge in [-0.15, -0.1) is 0 Å². The highest BCUT2D eigenvalue weighted by molar-refractivity contribution is 7.80. The molecule has 0 saturated carbocycles. The zero-order chi connectivity index (χ0) is 11.6. The molecule has 0 aromatic heterocycles. The van der Waals surface area contributed by atoms with E-state index in [2.05, 4.69) is 17.5 Å². The maximum atomic E-state index is 12.5. The zero-order valence-electron chi connectivity index (χ0n) is 7.85. The molecule has 1 rings (SSSR count). The first-order valence-corrected chi connectivity index (χ1v) is 4.46. The first-order chi connectivity index (χ1) is 6.86. The number of nitrogens with one attached hydrogen (secondary N) is 1. The Labute approximate surface area is 90.3 Å². The van der Waals surface area contributed by atoms with Crippen LogP contribution in [0.25, 0.3) is 0 Å². The van der Waals surface area contributed by atoms with Crippen LogP contribution in [-0.2, 0) is 6.18 Å². The van der Waals surface area contributed by atoms with Crippen LogP contribution in [0.4, 0.5) is 18.9 Å². The maximum absolute atomic E-state index is 12.5. The molecule has 3 N–H and O–H groups in total. The Morgan fingerprint density at radius 1 is 1.40 bits per heavy atom. The van der Waals surface area contributed by atoms with Gasteiger partial charge in [0.05, 0.1) is 5.56 Å². The smallest absolute Gasteiger partial charge is 0.389 e. The molecule has 0 unspecified atom stereocenters. The van der Waals surface area contributed by atoms with Crippen molar-refractivity contribution in [3.8, 4) is 0 Å². The highest BCUT2D eigenvalue weighted by atomic mass is 32.1. The number of thiocarbonyl (C=S) groups is 1. The molecule has 82 valence electrons. The Morgan fingerprint density at radius 3 is 2.40 bits per heavy atom. The zero-order valence-corrected chi connectivity index (χ0v) is 8.67. The molecule has 15 heavy (non-hydrogen) atoms. The summed E-state index contributed by atoms with van der Waals surface area (Å²) in [7, 11) is 1.60. The van der Waals surface area contributed by atoms with Gasteiger partial charge in [-0.1, -0.05) is 12.2 Å². The predicted molar refractivity (Wildman–Crippen MR) is 56.9 cm³/mol. The van der Waals surface area contributed by atoms with Crippen molar-refractivity contribution < 1.29 is 13.2 Å². The van der Waals surface area contributed by atoms with Crippen molar-refractivity contribution in [3.63, 3.8) is 0 Å². The summed E-state index contributed by atoms with van der Waals surface area (Å²) in [5, 5.41) is 2.72. The number of anilines is 1. The lowest BCUT2D eigenvalue weighted by Crippen LogP contribution is -2.18. The van der Waals surface area contributed by atoms with Gasteiger partial charge in [-0.25, -0.2) is 0 Å². The van der Waals surface area contributed by atoms with E-state index in [1.165, 1.54) is 12.1 Å². The van der Waals surface area contributed by atoms with Gasteiger partial charge in [0.2, 0.25) is 0 Å². The van der Waals surface area contributed by atoms with Crippen LogP contribution in [0.15, 0.2) is 18.2 Å². The van der Waals surface area contributed by atoms with Crippen LogP contribution in [-0.4, -0.2) is 12.0 Å². The highest BCUT2D eigenvalue weighted by Crippen LogP contribution is 2.33. The summed E-state index contributed by atoms with van der Waals surface area (Å²) in [5.74, 6) is 0. The van der Waals surface area contributed by atoms with Crippen LogP contribution in [0.3, 0.4) is 0 Å². The van der Waals surface area contributed by atoms with Crippen LogP contribution in [0.2, 0.25) is 0 Å². The van der Waals surface area contributed by atoms with Gasteiger partial charge in [0, 0.05) is 18.3 Å². The minimum atomic E-state index is -4.44. The number of benzene rings is 1. The van der Waals surface area contributed by atoms with Gasteiger partial charge in [0.1, 0.15) is 4.99 Å². The minimum Gasteiger partial charge on any atom is -0.389 e. The molecule has 0 aliphatic heterocycles. The topological polar surface area (TPSA) is 38.0 Å². The van der Waals surface area contributed by atoms with Crippen LogP contribution in [0, 0.1) is 0 Å². The second-order valence-corrected chi connectivity index (χ2v) is 3.31. The Bertz CT molecular complexity index is 387. The lowest BCUT2D eigenvalue weighted by Gasteiger charge is -2.13. The molecule has 0 amide bonds. The Balaban J connectivity index is 3.34. The second kappa shape index (κ2) is 4.06. The fourth-order valence-electron chi connectivity index (χ4n) is 1.15. The average Bonchev–Trinajstić information content (AvgIpc) is 2.15. The predicted octanol–water partition coefficient (Wildman–Crippen LogP) is 2.38. The van der Waals surface area contributed by atoms with E-state index in [1.807, 2.05) is 0 Å². The summed E-state index contributed by atoms with van der Waals surface area (Å²) >= 11 is 4.58. The summed E-state index contributed by atoms with van der Waals surface area (Å²) in [6.07, 6.45) is -4.44. The number of nitrogens with two attached hydrogens (primary N) is 1. The third kappa shape index (κ3) is 2.59. The molecule has 0 radical (unpaired) electrons. The molecule has 2 nitrogen and oxygen atoms in total. The van der Waals surface area contributed by atoms with E-state index in [0.29, 0.717) is 5.69 Å². The van der Waals surface area contributed by atoms with E-state index < -0.39 is 11.7 Å². The molecule has 0 aliphatic carbocycles. The third-order valence-corrected chi connectivity index (χ3v) is 2.10. The molecule has 1 aromatic rings. The second-order valence-electron chi connectivity index (χ2n) is 2.87. The van der Waals surface area contributed by atoms with E-state index in [0.717, 1.165) is 6.07 Å².